The van der Waals surface area contributed by atoms with Gasteiger partial charge in [-0.15, -0.1) is 0 Å². The molecule has 2 aliphatic heterocycles. The van der Waals surface area contributed by atoms with Crippen LogP contribution in [0.25, 0.3) is 44.1 Å². The Bertz CT molecular complexity index is 2410. The van der Waals surface area contributed by atoms with Crippen molar-refractivity contribution in [3.63, 3.8) is 0 Å². The standard InChI is InChI=1S/C49H54N3/c1-29(2)33-25-26-39-37(27-33)42-44(48(39,10)11)36-23-17-18-24-41(36)52-45(42)38-28-40(47(7,8)9)34-21-15-16-22-35(34)43(38)49(52)50(30(3)4)46(51(49)31(5)6)32-19-13-12-14-20-32/h12-31,46H,1-11H3/q+1. The third-order valence-electron chi connectivity index (χ3n) is 12.6. The van der Waals surface area contributed by atoms with E-state index < -0.39 is 5.79 Å². The molecule has 1 fully saturated rings. The van der Waals surface area contributed by atoms with E-state index >= 15 is 0 Å². The zero-order valence-electron chi connectivity index (χ0n) is 33.0. The Labute approximate surface area is 310 Å². The molecule has 3 aliphatic rings. The topological polar surface area (TPSA) is 10.4 Å². The predicted octanol–water partition coefficient (Wildman–Crippen LogP) is 11.8. The molecule has 9 rings (SSSR count). The summed E-state index contributed by atoms with van der Waals surface area (Å²) in [5.41, 5.74) is 15.2. The summed E-state index contributed by atoms with van der Waals surface area (Å²) in [5.74, 6) is -0.111. The summed E-state index contributed by atoms with van der Waals surface area (Å²) >= 11 is 0. The Morgan fingerprint density at radius 2 is 1.23 bits per heavy atom. The second kappa shape index (κ2) is 11.1. The maximum absolute atomic E-state index is 2.84. The molecule has 3 nitrogen and oxygen atoms in total. The van der Waals surface area contributed by atoms with Gasteiger partial charge in [-0.25, -0.2) is 9.80 Å². The van der Waals surface area contributed by atoms with Crippen molar-refractivity contribution in [3.8, 4) is 22.4 Å². The van der Waals surface area contributed by atoms with Crippen molar-refractivity contribution in [1.82, 2.24) is 9.80 Å². The maximum Gasteiger partial charge on any atom is 0.318 e. The number of hydrogen-bond donors (Lipinski definition) is 0. The first-order valence-electron chi connectivity index (χ1n) is 19.6. The smallest absolute Gasteiger partial charge is 0.201 e. The van der Waals surface area contributed by atoms with Gasteiger partial charge in [-0.2, -0.15) is 4.57 Å². The highest BCUT2D eigenvalue weighted by molar-refractivity contribution is 6.04. The van der Waals surface area contributed by atoms with Gasteiger partial charge in [0.25, 0.3) is 0 Å². The molecule has 264 valence electrons. The van der Waals surface area contributed by atoms with E-state index in [4.69, 9.17) is 0 Å². The first kappa shape index (κ1) is 33.5. The molecular weight excluding hydrogens is 631 g/mol. The minimum absolute atomic E-state index is 0.0428. The highest BCUT2D eigenvalue weighted by Crippen LogP contribution is 2.64. The van der Waals surface area contributed by atoms with Crippen molar-refractivity contribution in [2.45, 2.75) is 117 Å². The second-order valence-electron chi connectivity index (χ2n) is 18.1. The molecule has 1 saturated heterocycles. The van der Waals surface area contributed by atoms with Crippen LogP contribution in [0.1, 0.15) is 122 Å². The zero-order valence-corrected chi connectivity index (χ0v) is 33.0. The minimum Gasteiger partial charge on any atom is -0.201 e. The first-order chi connectivity index (χ1) is 24.7. The van der Waals surface area contributed by atoms with Crippen LogP contribution >= 0.6 is 0 Å². The molecule has 3 heterocycles. The maximum atomic E-state index is 2.84. The van der Waals surface area contributed by atoms with E-state index in [1.54, 1.807) is 0 Å². The summed E-state index contributed by atoms with van der Waals surface area (Å²) in [7, 11) is 0. The molecule has 0 amide bonds. The molecule has 0 atom stereocenters. The van der Waals surface area contributed by atoms with E-state index in [0.717, 1.165) is 0 Å². The summed E-state index contributed by atoms with van der Waals surface area (Å²) in [6.07, 6.45) is 0.122. The molecule has 5 aromatic carbocycles. The van der Waals surface area contributed by atoms with Gasteiger partial charge in [0.15, 0.2) is 0 Å². The van der Waals surface area contributed by atoms with Crippen molar-refractivity contribution in [2.75, 3.05) is 0 Å². The highest BCUT2D eigenvalue weighted by atomic mass is 15.7. The van der Waals surface area contributed by atoms with Gasteiger partial charge in [-0.3, -0.25) is 0 Å². The van der Waals surface area contributed by atoms with Crippen molar-refractivity contribution in [1.29, 1.82) is 0 Å². The van der Waals surface area contributed by atoms with Crippen LogP contribution in [-0.4, -0.2) is 21.9 Å². The van der Waals surface area contributed by atoms with Gasteiger partial charge in [0.05, 0.1) is 22.1 Å². The van der Waals surface area contributed by atoms with E-state index in [1.807, 2.05) is 0 Å². The average Bonchev–Trinajstić information content (AvgIpc) is 3.54. The van der Waals surface area contributed by atoms with Gasteiger partial charge in [0, 0.05) is 23.6 Å². The van der Waals surface area contributed by atoms with Crippen LogP contribution in [0.15, 0.2) is 103 Å². The lowest BCUT2D eigenvalue weighted by atomic mass is 9.78. The number of nitrogens with zero attached hydrogens (tertiary/aromatic N) is 3. The monoisotopic (exact) mass is 684 g/mol. The summed E-state index contributed by atoms with van der Waals surface area (Å²) < 4.78 is 2.82. The molecule has 0 saturated carbocycles. The van der Waals surface area contributed by atoms with E-state index in [-0.39, 0.29) is 29.1 Å². The Morgan fingerprint density at radius 1 is 0.635 bits per heavy atom. The highest BCUT2D eigenvalue weighted by Gasteiger charge is 2.74. The molecule has 0 unspecified atom stereocenters. The van der Waals surface area contributed by atoms with Crippen LogP contribution in [0, 0.1) is 0 Å². The van der Waals surface area contributed by atoms with Crippen molar-refractivity contribution in [3.05, 3.63) is 137 Å². The number of para-hydroxylation sites is 1. The lowest BCUT2D eigenvalue weighted by Gasteiger charge is -2.63. The Kier molecular flexibility index (Phi) is 7.16. The molecule has 0 bridgehead atoms. The van der Waals surface area contributed by atoms with E-state index in [0.29, 0.717) is 5.92 Å². The molecule has 0 radical (unpaired) electrons. The fourth-order valence-electron chi connectivity index (χ4n) is 10.6. The fourth-order valence-corrected chi connectivity index (χ4v) is 10.6. The Hall–Kier alpha value is -4.31. The number of pyridine rings is 1. The van der Waals surface area contributed by atoms with Gasteiger partial charge >= 0.3 is 5.79 Å². The van der Waals surface area contributed by atoms with Crippen molar-refractivity contribution >= 4 is 21.7 Å². The second-order valence-corrected chi connectivity index (χ2v) is 18.1. The zero-order chi connectivity index (χ0) is 36.6. The van der Waals surface area contributed by atoms with E-state index in [9.17, 15) is 0 Å². The lowest BCUT2D eigenvalue weighted by molar-refractivity contribution is -0.801. The third-order valence-corrected chi connectivity index (χ3v) is 12.6. The number of fused-ring (bicyclic) bond motifs is 14. The summed E-state index contributed by atoms with van der Waals surface area (Å²) in [6.45, 7) is 26.3. The molecule has 3 heteroatoms. The number of rotatable bonds is 4. The van der Waals surface area contributed by atoms with E-state index in [2.05, 4.69) is 194 Å². The average molecular weight is 685 g/mol. The third kappa shape index (κ3) is 4.13. The van der Waals surface area contributed by atoms with Gasteiger partial charge in [-0.05, 0) is 95.3 Å². The van der Waals surface area contributed by atoms with Crippen LogP contribution in [0.2, 0.25) is 0 Å². The SMILES string of the molecule is CC(C)c1ccc2c(c1)-c1c(c3ccccc3[n+]3c1-c1cc(C(C)(C)C)c4ccccc4c1C31N(C(C)C)C(c3ccccc3)N1C(C)C)C2(C)C. The predicted molar refractivity (Wildman–Crippen MR) is 218 cm³/mol. The Balaban J connectivity index is 1.55. The molecule has 0 N–H and O–H groups in total. The summed E-state index contributed by atoms with van der Waals surface area (Å²) in [4.78, 5) is 5.68. The molecule has 1 aromatic heterocycles. The quantitative estimate of drug-likeness (QED) is 0.171. The fraction of sp³-hybridized carbons (Fsp3) is 0.367. The molecular formula is C49H54N3+. The van der Waals surface area contributed by atoms with Gasteiger partial charge in [0.2, 0.25) is 11.2 Å². The van der Waals surface area contributed by atoms with Crippen molar-refractivity contribution < 1.29 is 4.57 Å². The first-order valence-corrected chi connectivity index (χ1v) is 19.6. The summed E-state index contributed by atoms with van der Waals surface area (Å²) in [5, 5.41) is 4.08. The van der Waals surface area contributed by atoms with Crippen LogP contribution in [0.3, 0.4) is 0 Å². The molecule has 52 heavy (non-hydrogen) atoms. The van der Waals surface area contributed by atoms with Crippen molar-refractivity contribution in [2.24, 2.45) is 0 Å². The Morgan fingerprint density at radius 3 is 1.85 bits per heavy atom. The van der Waals surface area contributed by atoms with E-state index in [1.165, 1.54) is 77.4 Å². The summed E-state index contributed by atoms with van der Waals surface area (Å²) in [6, 6.07) is 40.3. The van der Waals surface area contributed by atoms with Crippen LogP contribution in [0.4, 0.5) is 0 Å². The normalized spacial score (nSPS) is 20.6. The molecule has 1 spiro atoms. The van der Waals surface area contributed by atoms with Gasteiger partial charge < -0.3 is 0 Å². The van der Waals surface area contributed by atoms with Crippen LogP contribution < -0.4 is 4.57 Å². The van der Waals surface area contributed by atoms with Gasteiger partial charge in [0.1, 0.15) is 6.17 Å². The lowest BCUT2D eigenvalue weighted by Crippen LogP contribution is -2.85. The van der Waals surface area contributed by atoms with Crippen LogP contribution in [0.5, 0.6) is 0 Å². The number of hydrogen-bond acceptors (Lipinski definition) is 2. The largest absolute Gasteiger partial charge is 0.318 e. The van der Waals surface area contributed by atoms with Gasteiger partial charge in [-0.1, -0.05) is 133 Å². The van der Waals surface area contributed by atoms with Crippen LogP contribution in [-0.2, 0) is 16.6 Å². The number of aromatic nitrogens is 1. The number of benzene rings is 5. The minimum atomic E-state index is -0.555. The molecule has 6 aromatic rings. The molecule has 1 aliphatic carbocycles.